The Hall–Kier alpha value is -1.82. The van der Waals surface area contributed by atoms with Crippen LogP contribution in [0.1, 0.15) is 37.9 Å². The minimum Gasteiger partial charge on any atom is -0.465 e. The van der Waals surface area contributed by atoms with Gasteiger partial charge in [-0.3, -0.25) is 4.90 Å². The van der Waals surface area contributed by atoms with E-state index in [2.05, 4.69) is 5.16 Å². The number of oxime groups is 1. The van der Waals surface area contributed by atoms with Crippen molar-refractivity contribution in [1.29, 1.82) is 0 Å². The van der Waals surface area contributed by atoms with E-state index in [-0.39, 0.29) is 5.17 Å². The molecule has 0 saturated carbocycles. The molecule has 0 aliphatic rings. The minimum absolute atomic E-state index is 0.0933. The first-order valence-corrected chi connectivity index (χ1v) is 6.66. The van der Waals surface area contributed by atoms with E-state index >= 15 is 0 Å². The summed E-state index contributed by atoms with van der Waals surface area (Å²) >= 11 is 5.66. The molecule has 1 unspecified atom stereocenters. The van der Waals surface area contributed by atoms with Gasteiger partial charge in [-0.2, -0.15) is 0 Å². The molecular weight excluding hydrogens is 299 g/mol. The second kappa shape index (κ2) is 6.76. The van der Waals surface area contributed by atoms with Crippen molar-refractivity contribution in [2.24, 2.45) is 5.16 Å². The van der Waals surface area contributed by atoms with Crippen molar-refractivity contribution in [1.82, 2.24) is 4.90 Å². The van der Waals surface area contributed by atoms with Gasteiger partial charge in [-0.25, -0.2) is 9.18 Å². The second-order valence-electron chi connectivity index (χ2n) is 5.51. The van der Waals surface area contributed by atoms with Gasteiger partial charge in [-0.1, -0.05) is 41.0 Å². The molecule has 0 bridgehead atoms. The number of alkyl halides is 1. The number of rotatable bonds is 4. The molecule has 1 aromatic carbocycles. The molecule has 0 aliphatic carbocycles. The van der Waals surface area contributed by atoms with Crippen LogP contribution in [0.2, 0.25) is 0 Å². The van der Waals surface area contributed by atoms with Crippen molar-refractivity contribution in [3.63, 3.8) is 0 Å². The largest absolute Gasteiger partial charge is 0.465 e. The maximum absolute atomic E-state index is 13.4. The van der Waals surface area contributed by atoms with Gasteiger partial charge in [0.1, 0.15) is 6.67 Å². The summed E-state index contributed by atoms with van der Waals surface area (Å²) in [5.74, 6) is 0. The molecule has 21 heavy (non-hydrogen) atoms. The van der Waals surface area contributed by atoms with Crippen LogP contribution >= 0.6 is 11.6 Å². The molecule has 0 aromatic heterocycles. The molecule has 116 valence electrons. The maximum atomic E-state index is 13.4. The molecule has 0 aliphatic heterocycles. The van der Waals surface area contributed by atoms with Gasteiger partial charge in [-0.15, -0.1) is 0 Å². The van der Waals surface area contributed by atoms with E-state index in [9.17, 15) is 14.3 Å². The first-order chi connectivity index (χ1) is 9.72. The third kappa shape index (κ3) is 4.07. The molecule has 1 atom stereocenters. The molecule has 1 rings (SSSR count). The Morgan fingerprint density at radius 2 is 1.90 bits per heavy atom. The van der Waals surface area contributed by atoms with Crippen LogP contribution in [0.3, 0.4) is 0 Å². The fourth-order valence-electron chi connectivity index (χ4n) is 2.10. The molecule has 7 heteroatoms. The van der Waals surface area contributed by atoms with Crippen molar-refractivity contribution in [3.8, 4) is 0 Å². The van der Waals surface area contributed by atoms with E-state index in [0.717, 1.165) is 4.90 Å². The molecule has 0 spiro atoms. The van der Waals surface area contributed by atoms with Crippen LogP contribution in [-0.2, 0) is 0 Å². The molecule has 0 saturated heterocycles. The normalized spacial score (nSPS) is 13.9. The topological polar surface area (TPSA) is 73.1 Å². The third-order valence-electron chi connectivity index (χ3n) is 3.01. The van der Waals surface area contributed by atoms with Gasteiger partial charge >= 0.3 is 6.09 Å². The van der Waals surface area contributed by atoms with Crippen LogP contribution in [0.4, 0.5) is 9.18 Å². The monoisotopic (exact) mass is 316 g/mol. The quantitative estimate of drug-likeness (QED) is 0.503. The molecule has 5 nitrogen and oxygen atoms in total. The molecule has 2 N–H and O–H groups in total. The average Bonchev–Trinajstić information content (AvgIpc) is 2.42. The molecular formula is C14H18ClFN2O3. The van der Waals surface area contributed by atoms with Crippen LogP contribution in [-0.4, -0.2) is 38.7 Å². The average molecular weight is 317 g/mol. The van der Waals surface area contributed by atoms with Crippen LogP contribution in [0.15, 0.2) is 29.4 Å². The summed E-state index contributed by atoms with van der Waals surface area (Å²) in [5, 5.41) is 20.7. The van der Waals surface area contributed by atoms with E-state index in [4.69, 9.17) is 16.8 Å². The van der Waals surface area contributed by atoms with E-state index in [1.165, 1.54) is 0 Å². The van der Waals surface area contributed by atoms with Crippen LogP contribution in [0.25, 0.3) is 0 Å². The van der Waals surface area contributed by atoms with Crippen molar-refractivity contribution in [2.45, 2.75) is 32.4 Å². The van der Waals surface area contributed by atoms with Gasteiger partial charge in [-0.05, 0) is 26.3 Å². The Bertz CT molecular complexity index is 526. The van der Waals surface area contributed by atoms with Crippen LogP contribution in [0.5, 0.6) is 0 Å². The van der Waals surface area contributed by atoms with Gasteiger partial charge in [0.05, 0.1) is 6.04 Å². The number of halogens is 2. The number of hydrogen-bond acceptors (Lipinski definition) is 3. The van der Waals surface area contributed by atoms with E-state index < -0.39 is 24.3 Å². The third-order valence-corrected chi connectivity index (χ3v) is 3.30. The highest BCUT2D eigenvalue weighted by Gasteiger charge is 2.34. The summed E-state index contributed by atoms with van der Waals surface area (Å²) in [7, 11) is 0. The lowest BCUT2D eigenvalue weighted by molar-refractivity contribution is 0.0603. The van der Waals surface area contributed by atoms with Crippen molar-refractivity contribution in [2.75, 3.05) is 6.67 Å². The summed E-state index contributed by atoms with van der Waals surface area (Å²) in [4.78, 5) is 12.5. The predicted molar refractivity (Wildman–Crippen MR) is 79.0 cm³/mol. The van der Waals surface area contributed by atoms with Gasteiger partial charge in [0.15, 0.2) is 5.17 Å². The standard InChI is InChI=1S/C14H18ClFN2O3/c1-14(2,3)18(13(19)20)11(8-16)9-4-6-10(7-5-9)12(15)17-21/h4-7,11,21H,8H2,1-3H3,(H,19,20). The van der Waals surface area contributed by atoms with Crippen LogP contribution < -0.4 is 0 Å². The zero-order valence-electron chi connectivity index (χ0n) is 12.0. The van der Waals surface area contributed by atoms with Gasteiger partial charge in [0.2, 0.25) is 0 Å². The van der Waals surface area contributed by atoms with E-state index in [1.807, 2.05) is 0 Å². The smallest absolute Gasteiger partial charge is 0.408 e. The fraction of sp³-hybridized carbons (Fsp3) is 0.429. The summed E-state index contributed by atoms with van der Waals surface area (Å²) in [6, 6.07) is 5.30. The summed E-state index contributed by atoms with van der Waals surface area (Å²) in [6.45, 7) is 4.26. The number of benzene rings is 1. The Balaban J connectivity index is 3.18. The Morgan fingerprint density at radius 3 is 2.24 bits per heavy atom. The lowest BCUT2D eigenvalue weighted by Gasteiger charge is -2.38. The second-order valence-corrected chi connectivity index (χ2v) is 5.86. The number of amides is 1. The Labute approximate surface area is 127 Å². The van der Waals surface area contributed by atoms with Gasteiger partial charge < -0.3 is 10.3 Å². The first-order valence-electron chi connectivity index (χ1n) is 6.28. The summed E-state index contributed by atoms with van der Waals surface area (Å²) in [6.07, 6.45) is -1.19. The summed E-state index contributed by atoms with van der Waals surface area (Å²) < 4.78 is 13.4. The van der Waals surface area contributed by atoms with Crippen molar-refractivity contribution >= 4 is 22.9 Å². The highest BCUT2D eigenvalue weighted by molar-refractivity contribution is 6.69. The molecule has 1 aromatic rings. The zero-order valence-corrected chi connectivity index (χ0v) is 12.8. The Morgan fingerprint density at radius 1 is 1.38 bits per heavy atom. The number of hydrogen-bond donors (Lipinski definition) is 2. The number of nitrogens with zero attached hydrogens (tertiary/aromatic N) is 2. The van der Waals surface area contributed by atoms with Crippen molar-refractivity contribution < 1.29 is 19.5 Å². The SMILES string of the molecule is CC(C)(C)N(C(=O)O)C(CF)c1ccc(C(Cl)=NO)cc1. The lowest BCUT2D eigenvalue weighted by Crippen LogP contribution is -2.47. The number of carboxylic acid groups (broad SMARTS) is 1. The molecule has 0 heterocycles. The molecule has 1 amide bonds. The fourth-order valence-corrected chi connectivity index (χ4v) is 2.22. The highest BCUT2D eigenvalue weighted by atomic mass is 35.5. The highest BCUT2D eigenvalue weighted by Crippen LogP contribution is 2.29. The van der Waals surface area contributed by atoms with Crippen LogP contribution in [0, 0.1) is 0 Å². The Kier molecular flexibility index (Phi) is 5.54. The minimum atomic E-state index is -1.19. The van der Waals surface area contributed by atoms with Crippen molar-refractivity contribution in [3.05, 3.63) is 35.4 Å². The van der Waals surface area contributed by atoms with Gasteiger partial charge in [0.25, 0.3) is 0 Å². The zero-order chi connectivity index (χ0) is 16.2. The van der Waals surface area contributed by atoms with Gasteiger partial charge in [0, 0.05) is 11.1 Å². The van der Waals surface area contributed by atoms with E-state index in [0.29, 0.717) is 11.1 Å². The lowest BCUT2D eigenvalue weighted by atomic mass is 9.98. The molecule has 0 fully saturated rings. The summed E-state index contributed by atoms with van der Waals surface area (Å²) in [5.41, 5.74) is 0.213. The maximum Gasteiger partial charge on any atom is 0.408 e. The predicted octanol–water partition coefficient (Wildman–Crippen LogP) is 3.85. The van der Waals surface area contributed by atoms with E-state index in [1.54, 1.807) is 45.0 Å². The number of carbonyl (C=O) groups is 1. The molecule has 0 radical (unpaired) electrons. The first kappa shape index (κ1) is 17.2.